The van der Waals surface area contributed by atoms with E-state index in [2.05, 4.69) is 46.1 Å². The topological polar surface area (TPSA) is 38.0 Å². The Labute approximate surface area is 107 Å². The Kier molecular flexibility index (Phi) is 3.48. The highest BCUT2D eigenvalue weighted by Gasteiger charge is 2.00. The van der Waals surface area contributed by atoms with Gasteiger partial charge in [-0.15, -0.1) is 11.3 Å². The van der Waals surface area contributed by atoms with E-state index in [1.54, 1.807) is 11.3 Å². The van der Waals surface area contributed by atoms with E-state index in [0.717, 1.165) is 17.9 Å². The van der Waals surface area contributed by atoms with Gasteiger partial charge in [-0.1, -0.05) is 6.07 Å². The second kappa shape index (κ2) is 4.85. The van der Waals surface area contributed by atoms with Gasteiger partial charge < -0.3 is 11.1 Å². The number of halogens is 1. The zero-order valence-corrected chi connectivity index (χ0v) is 11.0. The highest BCUT2D eigenvalue weighted by molar-refractivity contribution is 14.1. The van der Waals surface area contributed by atoms with Gasteiger partial charge in [0.15, 0.2) is 0 Å². The molecule has 0 aliphatic carbocycles. The lowest BCUT2D eigenvalue weighted by Crippen LogP contribution is -1.99. The van der Waals surface area contributed by atoms with Crippen LogP contribution in [-0.4, -0.2) is 0 Å². The molecule has 2 nitrogen and oxygen atoms in total. The van der Waals surface area contributed by atoms with Gasteiger partial charge in [-0.25, -0.2) is 0 Å². The molecule has 3 N–H and O–H groups in total. The largest absolute Gasteiger partial charge is 0.398 e. The van der Waals surface area contributed by atoms with Crippen LogP contribution in [0.15, 0.2) is 35.7 Å². The first kappa shape index (κ1) is 10.8. The molecule has 1 aromatic carbocycles. The number of anilines is 2. The van der Waals surface area contributed by atoms with Crippen LogP contribution in [0.1, 0.15) is 4.88 Å². The van der Waals surface area contributed by atoms with Crippen molar-refractivity contribution in [3.8, 4) is 0 Å². The summed E-state index contributed by atoms with van der Waals surface area (Å²) in [6.07, 6.45) is 0. The molecule has 0 atom stereocenters. The number of thiophene rings is 1. The minimum absolute atomic E-state index is 0.795. The molecule has 0 unspecified atom stereocenters. The van der Waals surface area contributed by atoms with E-state index in [-0.39, 0.29) is 0 Å². The minimum atomic E-state index is 0.795. The molecule has 4 heteroatoms. The van der Waals surface area contributed by atoms with Crippen molar-refractivity contribution in [3.63, 3.8) is 0 Å². The van der Waals surface area contributed by atoms with Gasteiger partial charge >= 0.3 is 0 Å². The van der Waals surface area contributed by atoms with Crippen LogP contribution < -0.4 is 11.1 Å². The summed E-state index contributed by atoms with van der Waals surface area (Å²) >= 11 is 3.99. The van der Waals surface area contributed by atoms with Crippen molar-refractivity contribution in [2.45, 2.75) is 6.54 Å². The second-order valence-corrected chi connectivity index (χ2v) is 5.41. The molecular weight excluding hydrogens is 319 g/mol. The fraction of sp³-hybridized carbons (Fsp3) is 0.0909. The molecule has 15 heavy (non-hydrogen) atoms. The van der Waals surface area contributed by atoms with Crippen molar-refractivity contribution in [1.82, 2.24) is 0 Å². The van der Waals surface area contributed by atoms with Crippen LogP contribution >= 0.6 is 33.9 Å². The maximum atomic E-state index is 5.80. The summed E-state index contributed by atoms with van der Waals surface area (Å²) in [7, 11) is 0. The standard InChI is InChI=1S/C11H11IN2S/c12-8-2-1-3-9(6-8)14-7-11-10(13)4-5-15-11/h1-6,14H,7,13H2. The smallest absolute Gasteiger partial charge is 0.0514 e. The molecule has 0 aliphatic rings. The predicted octanol–water partition coefficient (Wildman–Crippen LogP) is 3.55. The first-order valence-corrected chi connectivity index (χ1v) is 6.53. The molecule has 0 aliphatic heterocycles. The van der Waals surface area contributed by atoms with Gasteiger partial charge in [-0.2, -0.15) is 0 Å². The van der Waals surface area contributed by atoms with Crippen LogP contribution in [0.4, 0.5) is 11.4 Å². The Hall–Kier alpha value is -0.750. The van der Waals surface area contributed by atoms with Gasteiger partial charge in [0.05, 0.1) is 6.54 Å². The molecular formula is C11H11IN2S. The van der Waals surface area contributed by atoms with Gasteiger partial charge in [-0.3, -0.25) is 0 Å². The average Bonchev–Trinajstić information content (AvgIpc) is 2.61. The van der Waals surface area contributed by atoms with E-state index in [0.29, 0.717) is 0 Å². The summed E-state index contributed by atoms with van der Waals surface area (Å²) in [5.41, 5.74) is 7.81. The van der Waals surface area contributed by atoms with E-state index in [1.807, 2.05) is 17.5 Å². The third-order valence-electron chi connectivity index (χ3n) is 2.06. The zero-order valence-electron chi connectivity index (χ0n) is 8.03. The third kappa shape index (κ3) is 2.85. The maximum Gasteiger partial charge on any atom is 0.0514 e. The number of hydrogen-bond donors (Lipinski definition) is 2. The molecule has 2 aromatic rings. The van der Waals surface area contributed by atoms with Gasteiger partial charge in [0.25, 0.3) is 0 Å². The van der Waals surface area contributed by atoms with E-state index >= 15 is 0 Å². The van der Waals surface area contributed by atoms with E-state index in [1.165, 1.54) is 8.45 Å². The van der Waals surface area contributed by atoms with E-state index < -0.39 is 0 Å². The van der Waals surface area contributed by atoms with Crippen LogP contribution in [-0.2, 0) is 6.54 Å². The Morgan fingerprint density at radius 1 is 1.33 bits per heavy atom. The summed E-state index contributed by atoms with van der Waals surface area (Å²) in [6, 6.07) is 10.2. The molecule has 2 rings (SSSR count). The molecule has 1 heterocycles. The Bertz CT molecular complexity index is 453. The van der Waals surface area contributed by atoms with E-state index in [4.69, 9.17) is 5.73 Å². The fourth-order valence-corrected chi connectivity index (χ4v) is 2.56. The van der Waals surface area contributed by atoms with Crippen LogP contribution in [0.3, 0.4) is 0 Å². The van der Waals surface area contributed by atoms with E-state index in [9.17, 15) is 0 Å². The normalized spacial score (nSPS) is 10.2. The molecule has 0 bridgehead atoms. The Balaban J connectivity index is 2.02. The number of benzene rings is 1. The first-order chi connectivity index (χ1) is 7.25. The summed E-state index contributed by atoms with van der Waals surface area (Å²) in [5, 5.41) is 5.37. The van der Waals surface area contributed by atoms with Crippen molar-refractivity contribution < 1.29 is 0 Å². The molecule has 0 radical (unpaired) electrons. The number of nitrogen functional groups attached to an aromatic ring is 1. The molecule has 0 fully saturated rings. The van der Waals surface area contributed by atoms with Crippen molar-refractivity contribution >= 4 is 45.3 Å². The molecule has 0 saturated heterocycles. The van der Waals surface area contributed by atoms with Crippen LogP contribution in [0.25, 0.3) is 0 Å². The van der Waals surface area contributed by atoms with Crippen molar-refractivity contribution in [1.29, 1.82) is 0 Å². The average molecular weight is 330 g/mol. The first-order valence-electron chi connectivity index (χ1n) is 4.57. The highest BCUT2D eigenvalue weighted by atomic mass is 127. The minimum Gasteiger partial charge on any atom is -0.398 e. The lowest BCUT2D eigenvalue weighted by atomic mass is 10.3. The quantitative estimate of drug-likeness (QED) is 0.845. The SMILES string of the molecule is Nc1ccsc1CNc1cccc(I)c1. The van der Waals surface area contributed by atoms with Crippen molar-refractivity contribution in [2.24, 2.45) is 0 Å². The summed E-state index contributed by atoms with van der Waals surface area (Å²) in [5.74, 6) is 0. The Morgan fingerprint density at radius 2 is 2.20 bits per heavy atom. The highest BCUT2D eigenvalue weighted by Crippen LogP contribution is 2.20. The monoisotopic (exact) mass is 330 g/mol. The molecule has 0 spiro atoms. The predicted molar refractivity (Wildman–Crippen MR) is 75.2 cm³/mol. The number of hydrogen-bond acceptors (Lipinski definition) is 3. The second-order valence-electron chi connectivity index (χ2n) is 3.16. The van der Waals surface area contributed by atoms with Gasteiger partial charge in [0.2, 0.25) is 0 Å². The zero-order chi connectivity index (χ0) is 10.7. The summed E-state index contributed by atoms with van der Waals surface area (Å²) in [4.78, 5) is 1.19. The summed E-state index contributed by atoms with van der Waals surface area (Å²) in [6.45, 7) is 0.795. The van der Waals surface area contributed by atoms with Crippen LogP contribution in [0.2, 0.25) is 0 Å². The third-order valence-corrected chi connectivity index (χ3v) is 3.67. The molecule has 0 saturated carbocycles. The molecule has 1 aromatic heterocycles. The number of rotatable bonds is 3. The number of nitrogens with two attached hydrogens (primary N) is 1. The lowest BCUT2D eigenvalue weighted by Gasteiger charge is -2.05. The van der Waals surface area contributed by atoms with Crippen molar-refractivity contribution in [3.05, 3.63) is 44.2 Å². The number of nitrogens with one attached hydrogen (secondary N) is 1. The fourth-order valence-electron chi connectivity index (χ4n) is 1.27. The molecule has 0 amide bonds. The summed E-state index contributed by atoms with van der Waals surface area (Å²) < 4.78 is 1.23. The van der Waals surface area contributed by atoms with Crippen molar-refractivity contribution in [2.75, 3.05) is 11.1 Å². The van der Waals surface area contributed by atoms with Gasteiger partial charge in [-0.05, 0) is 52.2 Å². The van der Waals surface area contributed by atoms with Crippen LogP contribution in [0.5, 0.6) is 0 Å². The molecule has 78 valence electrons. The Morgan fingerprint density at radius 3 is 2.87 bits per heavy atom. The lowest BCUT2D eigenvalue weighted by molar-refractivity contribution is 1.19. The van der Waals surface area contributed by atoms with Crippen LogP contribution in [0, 0.1) is 3.57 Å². The van der Waals surface area contributed by atoms with Gasteiger partial charge in [0.1, 0.15) is 0 Å². The maximum absolute atomic E-state index is 5.80. The van der Waals surface area contributed by atoms with Gasteiger partial charge in [0, 0.05) is 19.8 Å².